The van der Waals surface area contributed by atoms with E-state index in [1.54, 1.807) is 22.0 Å². The molecule has 1 N–H and O–H groups in total. The maximum atomic E-state index is 13.9. The lowest BCUT2D eigenvalue weighted by Crippen LogP contribution is -2.51. The molecular weight excluding hydrogens is 504 g/mol. The zero-order chi connectivity index (χ0) is 29.0. The van der Waals surface area contributed by atoms with Gasteiger partial charge in [0.15, 0.2) is 5.78 Å². The summed E-state index contributed by atoms with van der Waals surface area (Å²) in [6.07, 6.45) is 9.05. The average molecular weight is 543 g/mol. The second-order valence-electron chi connectivity index (χ2n) is 12.7. The Morgan fingerprint density at radius 1 is 1.10 bits per heavy atom. The summed E-state index contributed by atoms with van der Waals surface area (Å²) in [6.45, 7) is 14.3. The number of hydrogen-bond acceptors (Lipinski definition) is 6. The molecule has 3 atom stereocenters. The molecule has 5 rings (SSSR count). The van der Waals surface area contributed by atoms with Crippen LogP contribution in [0.3, 0.4) is 0 Å². The van der Waals surface area contributed by atoms with Gasteiger partial charge >= 0.3 is 0 Å². The van der Waals surface area contributed by atoms with E-state index in [-0.39, 0.29) is 41.0 Å². The largest absolute Gasteiger partial charge is 0.354 e. The maximum absolute atomic E-state index is 13.9. The van der Waals surface area contributed by atoms with Crippen molar-refractivity contribution in [2.24, 2.45) is 10.8 Å². The number of fused-ring (bicyclic) bond motifs is 2. The first-order chi connectivity index (χ1) is 18.8. The van der Waals surface area contributed by atoms with Gasteiger partial charge < -0.3 is 10.2 Å². The van der Waals surface area contributed by atoms with Gasteiger partial charge in [-0.1, -0.05) is 39.8 Å². The molecule has 0 bridgehead atoms. The van der Waals surface area contributed by atoms with Crippen LogP contribution < -0.4 is 5.32 Å². The van der Waals surface area contributed by atoms with Gasteiger partial charge in [-0.2, -0.15) is 5.10 Å². The van der Waals surface area contributed by atoms with E-state index in [1.165, 1.54) is 6.92 Å². The number of rotatable bonds is 7. The van der Waals surface area contributed by atoms with Gasteiger partial charge in [-0.05, 0) is 55.4 Å². The number of benzene rings is 1. The van der Waals surface area contributed by atoms with Gasteiger partial charge in [0, 0.05) is 42.2 Å². The van der Waals surface area contributed by atoms with Crippen molar-refractivity contribution >= 4 is 28.5 Å². The van der Waals surface area contributed by atoms with E-state index in [2.05, 4.69) is 54.2 Å². The standard InChI is InChI=1S/C31H38N6O3/c1-18-12-21(22-15-33-20(3)34-16-22)13-23-27(19(2)38)35-36(28(18)23)17-26(39)37-24(14-31(7)9-8-25(31)37)29(40)32-11-10-30(4,5)6/h8-9,12-13,15-16,24-25H,10-11,14,17H2,1-7H3,(H,32,40)/t24-,25+,31+/m0/s1. The van der Waals surface area contributed by atoms with Gasteiger partial charge in [0.25, 0.3) is 0 Å². The first-order valence-corrected chi connectivity index (χ1v) is 13.9. The highest BCUT2D eigenvalue weighted by molar-refractivity contribution is 6.07. The Balaban J connectivity index is 1.45. The number of carbonyl (C=O) groups excluding carboxylic acids is 3. The van der Waals surface area contributed by atoms with E-state index in [9.17, 15) is 14.4 Å². The fourth-order valence-electron chi connectivity index (χ4n) is 5.87. The highest BCUT2D eigenvalue weighted by Gasteiger charge is 2.55. The predicted octanol–water partition coefficient (Wildman–Crippen LogP) is 4.41. The SMILES string of the molecule is CC(=O)c1nn(CC(=O)N2[C@H](C(=O)NCCC(C)(C)C)C[C@@]3(C)C=C[C@@H]23)c2c(C)cc(-c3cnc(C)nc3)cc12. The van der Waals surface area contributed by atoms with Crippen molar-refractivity contribution in [3.8, 4) is 11.1 Å². The van der Waals surface area contributed by atoms with E-state index < -0.39 is 6.04 Å². The number of aromatic nitrogens is 4. The molecule has 0 radical (unpaired) electrons. The number of ketones is 1. The number of hydrogen-bond donors (Lipinski definition) is 1. The molecule has 1 aliphatic heterocycles. The molecule has 0 saturated carbocycles. The van der Waals surface area contributed by atoms with Crippen LogP contribution in [-0.2, 0) is 16.1 Å². The minimum Gasteiger partial charge on any atom is -0.354 e. The lowest BCUT2D eigenvalue weighted by molar-refractivity contribution is -0.140. The second kappa shape index (κ2) is 9.94. The van der Waals surface area contributed by atoms with Gasteiger partial charge in [-0.3, -0.25) is 19.1 Å². The normalized spacial score (nSPS) is 21.8. The Morgan fingerprint density at radius 3 is 2.40 bits per heavy atom. The Kier molecular flexibility index (Phi) is 6.88. The minimum atomic E-state index is -0.555. The zero-order valence-corrected chi connectivity index (χ0v) is 24.4. The van der Waals surface area contributed by atoms with Crippen molar-refractivity contribution in [3.05, 3.63) is 53.8 Å². The Labute approximate surface area is 235 Å². The van der Waals surface area contributed by atoms with Crippen molar-refractivity contribution in [3.63, 3.8) is 0 Å². The van der Waals surface area contributed by atoms with Crippen LogP contribution in [0, 0.1) is 24.7 Å². The quantitative estimate of drug-likeness (QED) is 0.350. The fraction of sp³-hybridized carbons (Fsp3) is 0.484. The summed E-state index contributed by atoms with van der Waals surface area (Å²) < 4.78 is 1.62. The summed E-state index contributed by atoms with van der Waals surface area (Å²) in [5.41, 5.74) is 3.51. The van der Waals surface area contributed by atoms with Gasteiger partial charge in [0.2, 0.25) is 11.8 Å². The van der Waals surface area contributed by atoms with Gasteiger partial charge in [0.05, 0.1) is 11.6 Å². The summed E-state index contributed by atoms with van der Waals surface area (Å²) >= 11 is 0. The van der Waals surface area contributed by atoms with Gasteiger partial charge in [-0.15, -0.1) is 0 Å². The molecule has 0 spiro atoms. The highest BCUT2D eigenvalue weighted by atomic mass is 16.2. The number of Topliss-reactive ketones (excluding diaryl/α,β-unsaturated/α-hetero) is 1. The van der Waals surface area contributed by atoms with E-state index >= 15 is 0 Å². The first kappa shape index (κ1) is 27.7. The minimum absolute atomic E-state index is 0.0657. The van der Waals surface area contributed by atoms with Crippen molar-refractivity contribution in [1.82, 2.24) is 30.0 Å². The Bertz CT molecular complexity index is 1530. The molecule has 1 aromatic carbocycles. The molecule has 3 heterocycles. The van der Waals surface area contributed by atoms with E-state index in [4.69, 9.17) is 0 Å². The first-order valence-electron chi connectivity index (χ1n) is 13.9. The van der Waals surface area contributed by atoms with E-state index in [1.807, 2.05) is 32.1 Å². The third-order valence-corrected chi connectivity index (χ3v) is 8.14. The third kappa shape index (κ3) is 5.05. The molecule has 0 unspecified atom stereocenters. The summed E-state index contributed by atoms with van der Waals surface area (Å²) in [4.78, 5) is 50.1. The fourth-order valence-corrected chi connectivity index (χ4v) is 5.87. The number of aryl methyl sites for hydroxylation is 2. The number of likely N-dealkylation sites (tertiary alicyclic amines) is 1. The molecule has 9 nitrogen and oxygen atoms in total. The van der Waals surface area contributed by atoms with Crippen LogP contribution in [0.2, 0.25) is 0 Å². The number of nitrogens with zero attached hydrogens (tertiary/aromatic N) is 5. The zero-order valence-electron chi connectivity index (χ0n) is 24.4. The van der Waals surface area contributed by atoms with Crippen LogP contribution in [0.1, 0.15) is 69.3 Å². The molecule has 210 valence electrons. The van der Waals surface area contributed by atoms with Crippen LogP contribution in [0.15, 0.2) is 36.7 Å². The smallest absolute Gasteiger partial charge is 0.245 e. The highest BCUT2D eigenvalue weighted by Crippen LogP contribution is 2.48. The summed E-state index contributed by atoms with van der Waals surface area (Å²) in [5, 5.41) is 8.35. The molecule has 1 fully saturated rings. The third-order valence-electron chi connectivity index (χ3n) is 8.14. The summed E-state index contributed by atoms with van der Waals surface area (Å²) in [6, 6.07) is 3.21. The molecule has 3 aromatic rings. The average Bonchev–Trinajstić information content (AvgIpc) is 3.32. The van der Waals surface area contributed by atoms with Crippen LogP contribution in [0.4, 0.5) is 0 Å². The van der Waals surface area contributed by atoms with Crippen LogP contribution in [-0.4, -0.2) is 60.9 Å². The molecule has 1 aliphatic carbocycles. The number of nitrogens with one attached hydrogen (secondary N) is 1. The van der Waals surface area contributed by atoms with Crippen LogP contribution in [0.5, 0.6) is 0 Å². The van der Waals surface area contributed by atoms with E-state index in [0.717, 1.165) is 28.6 Å². The van der Waals surface area contributed by atoms with Crippen molar-refractivity contribution in [2.45, 2.75) is 79.9 Å². The molecular formula is C31H38N6O3. The van der Waals surface area contributed by atoms with Crippen molar-refractivity contribution < 1.29 is 14.4 Å². The molecule has 2 amide bonds. The van der Waals surface area contributed by atoms with Gasteiger partial charge in [0.1, 0.15) is 24.1 Å². The predicted molar refractivity (Wildman–Crippen MR) is 154 cm³/mol. The Morgan fingerprint density at radius 2 is 1.80 bits per heavy atom. The lowest BCUT2D eigenvalue weighted by Gasteiger charge is -2.38. The van der Waals surface area contributed by atoms with Crippen molar-refractivity contribution in [1.29, 1.82) is 0 Å². The number of carbonyl (C=O) groups is 3. The van der Waals surface area contributed by atoms with Crippen LogP contribution >= 0.6 is 0 Å². The number of amides is 2. The molecule has 2 aliphatic rings. The topological polar surface area (TPSA) is 110 Å². The van der Waals surface area contributed by atoms with Gasteiger partial charge in [-0.25, -0.2) is 9.97 Å². The maximum Gasteiger partial charge on any atom is 0.245 e. The summed E-state index contributed by atoms with van der Waals surface area (Å²) in [7, 11) is 0. The Hall–Kier alpha value is -3.88. The molecule has 1 saturated heterocycles. The molecule has 2 aromatic heterocycles. The second-order valence-corrected chi connectivity index (χ2v) is 12.7. The summed E-state index contributed by atoms with van der Waals surface area (Å²) in [5.74, 6) is 0.187. The van der Waals surface area contributed by atoms with E-state index in [0.29, 0.717) is 29.9 Å². The lowest BCUT2D eigenvalue weighted by atomic mass is 9.73. The molecule has 9 heteroatoms. The molecule has 40 heavy (non-hydrogen) atoms. The monoisotopic (exact) mass is 542 g/mol. The van der Waals surface area contributed by atoms with Crippen LogP contribution in [0.25, 0.3) is 22.0 Å². The van der Waals surface area contributed by atoms with Crippen molar-refractivity contribution in [2.75, 3.05) is 6.54 Å².